The van der Waals surface area contributed by atoms with Crippen LogP contribution in [0.25, 0.3) is 0 Å². The average Bonchev–Trinajstić information content (AvgIpc) is 2.52. The highest BCUT2D eigenvalue weighted by atomic mass is 16.5. The third kappa shape index (κ3) is 6.23. The first-order valence-corrected chi connectivity index (χ1v) is 8.23. The molecule has 2 aromatic rings. The van der Waals surface area contributed by atoms with Gasteiger partial charge in [-0.15, -0.1) is 0 Å². The zero-order valence-corrected chi connectivity index (χ0v) is 14.5. The number of aryl methyl sites for hydroxylation is 1. The Bertz CT molecular complexity index is 593. The van der Waals surface area contributed by atoms with Crippen LogP contribution in [0.1, 0.15) is 26.3 Å². The van der Waals surface area contributed by atoms with E-state index in [9.17, 15) is 0 Å². The molecule has 0 aliphatic rings. The van der Waals surface area contributed by atoms with Crippen molar-refractivity contribution in [2.75, 3.05) is 18.5 Å². The molecule has 3 heteroatoms. The average molecular weight is 313 g/mol. The molecular weight excluding hydrogens is 286 g/mol. The third-order valence-corrected chi connectivity index (χ3v) is 3.36. The van der Waals surface area contributed by atoms with Crippen LogP contribution < -0.4 is 14.8 Å². The lowest BCUT2D eigenvalue weighted by Gasteiger charge is -2.17. The lowest BCUT2D eigenvalue weighted by atomic mass is 10.2. The summed E-state index contributed by atoms with van der Waals surface area (Å²) < 4.78 is 11.6. The van der Waals surface area contributed by atoms with E-state index in [0.717, 1.165) is 30.3 Å². The van der Waals surface area contributed by atoms with Crippen molar-refractivity contribution in [2.45, 2.75) is 33.8 Å². The third-order valence-electron chi connectivity index (χ3n) is 3.36. The standard InChI is InChI=1S/C20H27NO2/c1-15(2)14-22-19-10-8-18(9-11-19)21-13-17(4)23-20-7-5-6-16(3)12-20/h5-12,15,17,21H,13-14H2,1-4H3. The number of benzene rings is 2. The fraction of sp³-hybridized carbons (Fsp3) is 0.400. The first-order chi connectivity index (χ1) is 11.0. The van der Waals surface area contributed by atoms with Gasteiger partial charge in [-0.3, -0.25) is 0 Å². The maximum Gasteiger partial charge on any atom is 0.120 e. The van der Waals surface area contributed by atoms with E-state index in [1.807, 2.05) is 36.4 Å². The molecule has 0 fully saturated rings. The van der Waals surface area contributed by atoms with Gasteiger partial charge in [-0.2, -0.15) is 0 Å². The second kappa shape index (κ2) is 8.47. The van der Waals surface area contributed by atoms with Gasteiger partial charge in [0.25, 0.3) is 0 Å². The first-order valence-electron chi connectivity index (χ1n) is 8.23. The van der Waals surface area contributed by atoms with Crippen molar-refractivity contribution in [3.63, 3.8) is 0 Å². The monoisotopic (exact) mass is 313 g/mol. The number of ether oxygens (including phenoxy) is 2. The van der Waals surface area contributed by atoms with Crippen LogP contribution >= 0.6 is 0 Å². The van der Waals surface area contributed by atoms with Crippen LogP contribution in [0.4, 0.5) is 5.69 Å². The molecule has 1 unspecified atom stereocenters. The second-order valence-corrected chi connectivity index (χ2v) is 6.36. The molecule has 0 amide bonds. The van der Waals surface area contributed by atoms with Crippen molar-refractivity contribution in [3.05, 3.63) is 54.1 Å². The van der Waals surface area contributed by atoms with E-state index in [1.54, 1.807) is 0 Å². The number of hydrogen-bond donors (Lipinski definition) is 1. The normalized spacial score (nSPS) is 12.0. The molecule has 1 atom stereocenters. The Kier molecular flexibility index (Phi) is 6.33. The van der Waals surface area contributed by atoms with Gasteiger partial charge in [0.2, 0.25) is 0 Å². The summed E-state index contributed by atoms with van der Waals surface area (Å²) in [7, 11) is 0. The quantitative estimate of drug-likeness (QED) is 0.751. The Morgan fingerprint density at radius 3 is 2.35 bits per heavy atom. The highest BCUT2D eigenvalue weighted by molar-refractivity contribution is 5.46. The van der Waals surface area contributed by atoms with E-state index in [0.29, 0.717) is 5.92 Å². The van der Waals surface area contributed by atoms with E-state index >= 15 is 0 Å². The fourth-order valence-corrected chi connectivity index (χ4v) is 2.16. The Labute approximate surface area is 139 Å². The van der Waals surface area contributed by atoms with Crippen molar-refractivity contribution in [3.8, 4) is 11.5 Å². The minimum absolute atomic E-state index is 0.0914. The van der Waals surface area contributed by atoms with Gasteiger partial charge in [-0.25, -0.2) is 0 Å². The SMILES string of the molecule is Cc1cccc(OC(C)CNc2ccc(OCC(C)C)cc2)c1. The largest absolute Gasteiger partial charge is 0.493 e. The van der Waals surface area contributed by atoms with E-state index in [4.69, 9.17) is 9.47 Å². The minimum Gasteiger partial charge on any atom is -0.493 e. The van der Waals surface area contributed by atoms with Gasteiger partial charge in [0.1, 0.15) is 17.6 Å². The number of nitrogens with one attached hydrogen (secondary N) is 1. The zero-order chi connectivity index (χ0) is 16.7. The van der Waals surface area contributed by atoms with Crippen molar-refractivity contribution >= 4 is 5.69 Å². The maximum absolute atomic E-state index is 5.92. The molecule has 1 N–H and O–H groups in total. The number of hydrogen-bond acceptors (Lipinski definition) is 3. The van der Waals surface area contributed by atoms with Crippen LogP contribution in [-0.4, -0.2) is 19.3 Å². The number of rotatable bonds is 8. The van der Waals surface area contributed by atoms with Crippen LogP contribution in [0.5, 0.6) is 11.5 Å². The summed E-state index contributed by atoms with van der Waals surface area (Å²) in [5.41, 5.74) is 2.28. The van der Waals surface area contributed by atoms with Gasteiger partial charge < -0.3 is 14.8 Å². The summed E-state index contributed by atoms with van der Waals surface area (Å²) >= 11 is 0. The summed E-state index contributed by atoms with van der Waals surface area (Å²) in [5.74, 6) is 2.36. The smallest absolute Gasteiger partial charge is 0.120 e. The Balaban J connectivity index is 1.78. The highest BCUT2D eigenvalue weighted by Gasteiger charge is 2.04. The molecule has 124 valence electrons. The van der Waals surface area contributed by atoms with Crippen molar-refractivity contribution in [2.24, 2.45) is 5.92 Å². The second-order valence-electron chi connectivity index (χ2n) is 6.36. The Morgan fingerprint density at radius 1 is 0.957 bits per heavy atom. The van der Waals surface area contributed by atoms with Crippen molar-refractivity contribution in [1.82, 2.24) is 0 Å². The summed E-state index contributed by atoms with van der Waals surface area (Å²) in [6.45, 7) is 9.92. The van der Waals surface area contributed by atoms with Crippen LogP contribution in [0.2, 0.25) is 0 Å². The van der Waals surface area contributed by atoms with Gasteiger partial charge in [0.05, 0.1) is 13.2 Å². The van der Waals surface area contributed by atoms with Gasteiger partial charge in [0.15, 0.2) is 0 Å². The zero-order valence-electron chi connectivity index (χ0n) is 14.5. The highest BCUT2D eigenvalue weighted by Crippen LogP contribution is 2.17. The van der Waals surface area contributed by atoms with Crippen molar-refractivity contribution in [1.29, 1.82) is 0 Å². The molecule has 0 saturated carbocycles. The molecule has 0 spiro atoms. The molecule has 2 rings (SSSR count). The van der Waals surface area contributed by atoms with E-state index in [-0.39, 0.29) is 6.10 Å². The Hall–Kier alpha value is -2.16. The molecular formula is C20H27NO2. The first kappa shape index (κ1) is 17.2. The van der Waals surface area contributed by atoms with Gasteiger partial charge >= 0.3 is 0 Å². The molecule has 0 aliphatic carbocycles. The van der Waals surface area contributed by atoms with Crippen LogP contribution in [0, 0.1) is 12.8 Å². The minimum atomic E-state index is 0.0914. The molecule has 23 heavy (non-hydrogen) atoms. The fourth-order valence-electron chi connectivity index (χ4n) is 2.16. The summed E-state index contributed by atoms with van der Waals surface area (Å²) in [6.07, 6.45) is 0.0914. The van der Waals surface area contributed by atoms with E-state index < -0.39 is 0 Å². The molecule has 0 aromatic heterocycles. The lowest BCUT2D eigenvalue weighted by Crippen LogP contribution is -2.22. The summed E-state index contributed by atoms with van der Waals surface area (Å²) in [5, 5.41) is 3.39. The molecule has 3 nitrogen and oxygen atoms in total. The van der Waals surface area contributed by atoms with E-state index in [1.165, 1.54) is 5.56 Å². The lowest BCUT2D eigenvalue weighted by molar-refractivity contribution is 0.234. The molecule has 0 radical (unpaired) electrons. The van der Waals surface area contributed by atoms with Crippen LogP contribution in [-0.2, 0) is 0 Å². The van der Waals surface area contributed by atoms with Crippen molar-refractivity contribution < 1.29 is 9.47 Å². The Morgan fingerprint density at radius 2 is 1.70 bits per heavy atom. The molecule has 0 aliphatic heterocycles. The summed E-state index contributed by atoms with van der Waals surface area (Å²) in [4.78, 5) is 0. The molecule has 0 bridgehead atoms. The summed E-state index contributed by atoms with van der Waals surface area (Å²) in [6, 6.07) is 16.2. The van der Waals surface area contributed by atoms with E-state index in [2.05, 4.69) is 45.1 Å². The van der Waals surface area contributed by atoms with Gasteiger partial charge in [-0.05, 0) is 61.7 Å². The maximum atomic E-state index is 5.92. The topological polar surface area (TPSA) is 30.5 Å². The molecule has 0 heterocycles. The van der Waals surface area contributed by atoms with Crippen LogP contribution in [0.3, 0.4) is 0 Å². The predicted octanol–water partition coefficient (Wildman–Crippen LogP) is 4.91. The molecule has 0 saturated heterocycles. The predicted molar refractivity (Wildman–Crippen MR) is 96.5 cm³/mol. The van der Waals surface area contributed by atoms with Gasteiger partial charge in [-0.1, -0.05) is 26.0 Å². The number of anilines is 1. The van der Waals surface area contributed by atoms with Gasteiger partial charge in [0, 0.05) is 5.69 Å². The molecule has 2 aromatic carbocycles. The van der Waals surface area contributed by atoms with Crippen LogP contribution in [0.15, 0.2) is 48.5 Å².